The maximum absolute atomic E-state index is 3.23. The van der Waals surface area contributed by atoms with E-state index in [1.807, 2.05) is 13.0 Å². The molecule has 0 fully saturated rings. The molecule has 0 atom stereocenters. The number of hydrogen-bond acceptors (Lipinski definition) is 0. The van der Waals surface area contributed by atoms with Crippen molar-refractivity contribution in [2.75, 3.05) is 0 Å². The molecule has 0 aliphatic rings. The van der Waals surface area contributed by atoms with Gasteiger partial charge < -0.3 is 0 Å². The first kappa shape index (κ1) is 11.5. The van der Waals surface area contributed by atoms with Crippen molar-refractivity contribution >= 4 is 0 Å². The molecule has 0 rings (SSSR count). The predicted octanol–water partition coefficient (Wildman–Crippen LogP) is 4.47. The molecule has 0 spiro atoms. The van der Waals surface area contributed by atoms with Crippen molar-refractivity contribution in [3.05, 3.63) is 17.4 Å². The zero-order valence-corrected chi connectivity index (χ0v) is 8.82. The first-order chi connectivity index (χ1) is 5.81. The lowest BCUT2D eigenvalue weighted by Gasteiger charge is -1.98. The van der Waals surface area contributed by atoms with Gasteiger partial charge in [0.25, 0.3) is 0 Å². The summed E-state index contributed by atoms with van der Waals surface area (Å²) < 4.78 is 0. The Morgan fingerprint density at radius 2 is 1.83 bits per heavy atom. The van der Waals surface area contributed by atoms with E-state index in [-0.39, 0.29) is 0 Å². The minimum atomic E-state index is 1.23. The summed E-state index contributed by atoms with van der Waals surface area (Å²) in [4.78, 5) is 0. The van der Waals surface area contributed by atoms with E-state index < -0.39 is 0 Å². The average Bonchev–Trinajstić information content (AvgIpc) is 2.05. The molecule has 0 aliphatic heterocycles. The molecule has 0 aliphatic carbocycles. The van der Waals surface area contributed by atoms with Crippen LogP contribution in [0.2, 0.25) is 0 Å². The molecule has 0 radical (unpaired) electrons. The Balaban J connectivity index is 3.26. The van der Waals surface area contributed by atoms with Crippen LogP contribution in [0.5, 0.6) is 0 Å². The number of allylic oxidation sites excluding steroid dienone is 1. The summed E-state index contributed by atoms with van der Waals surface area (Å²) in [5.74, 6) is 0. The first-order valence-electron chi connectivity index (χ1n) is 5.18. The molecule has 0 heterocycles. The van der Waals surface area contributed by atoms with Crippen molar-refractivity contribution in [2.24, 2.45) is 0 Å². The third-order valence-electron chi connectivity index (χ3n) is 2.05. The Labute approximate surface area is 77.4 Å². The van der Waals surface area contributed by atoms with Gasteiger partial charge in [-0.05, 0) is 38.3 Å². The molecule has 0 nitrogen and oxygen atoms in total. The Morgan fingerprint density at radius 3 is 2.42 bits per heavy atom. The second kappa shape index (κ2) is 8.62. The van der Waals surface area contributed by atoms with Gasteiger partial charge in [0.15, 0.2) is 0 Å². The van der Waals surface area contributed by atoms with E-state index in [4.69, 9.17) is 0 Å². The van der Waals surface area contributed by atoms with Gasteiger partial charge in [0, 0.05) is 0 Å². The van der Waals surface area contributed by atoms with Crippen LogP contribution in [-0.4, -0.2) is 0 Å². The van der Waals surface area contributed by atoms with Crippen LogP contribution in [0.3, 0.4) is 0 Å². The summed E-state index contributed by atoms with van der Waals surface area (Å²) in [5.41, 5.74) is 4.63. The fourth-order valence-electron chi connectivity index (χ4n) is 1.31. The molecule has 0 aromatic rings. The van der Waals surface area contributed by atoms with Gasteiger partial charge in [-0.1, -0.05) is 32.6 Å². The molecular weight excluding hydrogens is 144 g/mol. The van der Waals surface area contributed by atoms with E-state index in [0.717, 1.165) is 0 Å². The van der Waals surface area contributed by atoms with E-state index in [1.54, 1.807) is 0 Å². The summed E-state index contributed by atoms with van der Waals surface area (Å²) in [6, 6.07) is 0. The van der Waals surface area contributed by atoms with Crippen LogP contribution in [0.1, 0.15) is 59.3 Å². The summed E-state index contributed by atoms with van der Waals surface area (Å²) in [6.45, 7) is 6.45. The molecular formula is C12H22. The van der Waals surface area contributed by atoms with Crippen LogP contribution in [0.15, 0.2) is 17.4 Å². The summed E-state index contributed by atoms with van der Waals surface area (Å²) >= 11 is 0. The van der Waals surface area contributed by atoms with Gasteiger partial charge in [0.05, 0.1) is 0 Å². The molecule has 0 bridgehead atoms. The number of unbranched alkanes of at least 4 members (excludes halogenated alkanes) is 4. The third kappa shape index (κ3) is 7.63. The van der Waals surface area contributed by atoms with Crippen molar-refractivity contribution in [2.45, 2.75) is 59.3 Å². The van der Waals surface area contributed by atoms with E-state index in [0.29, 0.717) is 0 Å². The first-order valence-corrected chi connectivity index (χ1v) is 5.18. The topological polar surface area (TPSA) is 0 Å². The largest absolute Gasteiger partial charge is 0.127 e. The highest BCUT2D eigenvalue weighted by molar-refractivity contribution is 4.96. The predicted molar refractivity (Wildman–Crippen MR) is 56.3 cm³/mol. The minimum absolute atomic E-state index is 1.23. The SMILES string of the molecule is CC=C=C(C)CCCCCCC. The lowest BCUT2D eigenvalue weighted by atomic mass is 10.1. The summed E-state index contributed by atoms with van der Waals surface area (Å²) in [5, 5.41) is 0. The zero-order valence-electron chi connectivity index (χ0n) is 8.82. The normalized spacial score (nSPS) is 9.25. The summed E-state index contributed by atoms with van der Waals surface area (Å²) in [7, 11) is 0. The lowest BCUT2D eigenvalue weighted by molar-refractivity contribution is 0.631. The molecule has 0 aromatic heterocycles. The summed E-state index contributed by atoms with van der Waals surface area (Å²) in [6.07, 6.45) is 10.1. The van der Waals surface area contributed by atoms with Gasteiger partial charge >= 0.3 is 0 Å². The van der Waals surface area contributed by atoms with Crippen molar-refractivity contribution < 1.29 is 0 Å². The maximum Gasteiger partial charge on any atom is -0.0247 e. The fraction of sp³-hybridized carbons (Fsp3) is 0.750. The van der Waals surface area contributed by atoms with E-state index in [9.17, 15) is 0 Å². The van der Waals surface area contributed by atoms with Gasteiger partial charge in [-0.2, -0.15) is 0 Å². The van der Waals surface area contributed by atoms with Crippen LogP contribution < -0.4 is 0 Å². The molecule has 0 N–H and O–H groups in total. The molecule has 0 heteroatoms. The van der Waals surface area contributed by atoms with Crippen molar-refractivity contribution in [3.8, 4) is 0 Å². The second-order valence-corrected chi connectivity index (χ2v) is 3.38. The minimum Gasteiger partial charge on any atom is -0.127 e. The van der Waals surface area contributed by atoms with E-state index in [1.165, 1.54) is 44.1 Å². The highest BCUT2D eigenvalue weighted by Gasteiger charge is 1.89. The van der Waals surface area contributed by atoms with Crippen LogP contribution in [0, 0.1) is 0 Å². The van der Waals surface area contributed by atoms with E-state index in [2.05, 4.69) is 19.6 Å². The highest BCUT2D eigenvalue weighted by Crippen LogP contribution is 2.09. The Morgan fingerprint density at radius 1 is 1.17 bits per heavy atom. The van der Waals surface area contributed by atoms with Crippen LogP contribution in [0.25, 0.3) is 0 Å². The third-order valence-corrected chi connectivity index (χ3v) is 2.05. The molecule has 0 unspecified atom stereocenters. The Kier molecular flexibility index (Phi) is 8.27. The van der Waals surface area contributed by atoms with Crippen molar-refractivity contribution in [1.82, 2.24) is 0 Å². The standard InChI is InChI=1S/C12H22/c1-4-6-7-8-9-11-12(3)10-5-2/h5H,4,6-9,11H2,1-3H3. The van der Waals surface area contributed by atoms with Gasteiger partial charge in [-0.25, -0.2) is 0 Å². The van der Waals surface area contributed by atoms with Gasteiger partial charge in [0.2, 0.25) is 0 Å². The maximum atomic E-state index is 3.23. The molecule has 0 saturated carbocycles. The number of rotatable bonds is 6. The molecule has 0 amide bonds. The number of hydrogen-bond donors (Lipinski definition) is 0. The highest BCUT2D eigenvalue weighted by atomic mass is 14.0. The van der Waals surface area contributed by atoms with E-state index >= 15 is 0 Å². The van der Waals surface area contributed by atoms with Gasteiger partial charge in [-0.15, -0.1) is 5.73 Å². The van der Waals surface area contributed by atoms with Gasteiger partial charge in [-0.3, -0.25) is 0 Å². The lowest BCUT2D eigenvalue weighted by Crippen LogP contribution is -1.79. The Hall–Kier alpha value is -0.480. The fourth-order valence-corrected chi connectivity index (χ4v) is 1.31. The van der Waals surface area contributed by atoms with Crippen LogP contribution >= 0.6 is 0 Å². The second-order valence-electron chi connectivity index (χ2n) is 3.38. The Bertz CT molecular complexity index is 147. The molecule has 70 valence electrons. The molecule has 0 saturated heterocycles. The quantitative estimate of drug-likeness (QED) is 0.403. The zero-order chi connectivity index (χ0) is 9.23. The van der Waals surface area contributed by atoms with Crippen LogP contribution in [-0.2, 0) is 0 Å². The van der Waals surface area contributed by atoms with Crippen molar-refractivity contribution in [3.63, 3.8) is 0 Å². The van der Waals surface area contributed by atoms with Crippen LogP contribution in [0.4, 0.5) is 0 Å². The molecule has 0 aromatic carbocycles. The molecule has 12 heavy (non-hydrogen) atoms. The average molecular weight is 166 g/mol. The van der Waals surface area contributed by atoms with Crippen molar-refractivity contribution in [1.29, 1.82) is 0 Å². The monoisotopic (exact) mass is 166 g/mol. The van der Waals surface area contributed by atoms with Gasteiger partial charge in [0.1, 0.15) is 0 Å². The smallest absolute Gasteiger partial charge is 0.0247 e.